The zero-order chi connectivity index (χ0) is 26.6. The standard InChI is InChI=1S/C28H32N6O4/c1-19-5-3-11-34-25(19)31-26-23(28(34)36)17-22(27(35)30-18-20-6-8-21(37-2)9-7-20)24(29)33(26)12-4-10-32-13-15-38-16-14-32/h3,5-9,11,17,29H,4,10,12-16,18H2,1-2H3,(H,30,35). The summed E-state index contributed by atoms with van der Waals surface area (Å²) in [5.74, 6) is 0.319. The molecule has 0 bridgehead atoms. The Morgan fingerprint density at radius 2 is 1.89 bits per heavy atom. The van der Waals surface area contributed by atoms with E-state index in [0.29, 0.717) is 36.4 Å². The summed E-state index contributed by atoms with van der Waals surface area (Å²) in [5, 5.41) is 12.2. The zero-order valence-corrected chi connectivity index (χ0v) is 21.7. The number of ether oxygens (including phenoxy) is 2. The lowest BCUT2D eigenvalue weighted by Gasteiger charge is -2.26. The van der Waals surface area contributed by atoms with Gasteiger partial charge in [-0.1, -0.05) is 18.2 Å². The quantitative estimate of drug-likeness (QED) is 0.347. The molecule has 1 aliphatic rings. The van der Waals surface area contributed by atoms with E-state index in [4.69, 9.17) is 19.9 Å². The number of aromatic nitrogens is 3. The van der Waals surface area contributed by atoms with Crippen LogP contribution in [0.5, 0.6) is 5.75 Å². The minimum Gasteiger partial charge on any atom is -0.497 e. The molecule has 198 valence electrons. The Hall–Kier alpha value is -4.02. The van der Waals surface area contributed by atoms with E-state index in [2.05, 4.69) is 10.2 Å². The minimum absolute atomic E-state index is 0.0385. The first-order valence-corrected chi connectivity index (χ1v) is 12.8. The number of morpholine rings is 1. The molecule has 0 unspecified atom stereocenters. The van der Waals surface area contributed by atoms with Crippen molar-refractivity contribution in [3.05, 3.63) is 81.2 Å². The molecule has 0 aliphatic carbocycles. The summed E-state index contributed by atoms with van der Waals surface area (Å²) in [4.78, 5) is 33.9. The number of carbonyl (C=O) groups is 1. The highest BCUT2D eigenvalue weighted by molar-refractivity contribution is 5.96. The molecule has 4 heterocycles. The predicted molar refractivity (Wildman–Crippen MR) is 144 cm³/mol. The van der Waals surface area contributed by atoms with E-state index < -0.39 is 5.91 Å². The monoisotopic (exact) mass is 516 g/mol. The number of methoxy groups -OCH3 is 1. The van der Waals surface area contributed by atoms with Gasteiger partial charge in [-0.2, -0.15) is 0 Å². The molecule has 0 radical (unpaired) electrons. The number of aryl methyl sites for hydroxylation is 2. The van der Waals surface area contributed by atoms with Crippen LogP contribution in [-0.2, 0) is 17.8 Å². The molecular formula is C28H32N6O4. The van der Waals surface area contributed by atoms with Crippen LogP contribution in [0.2, 0.25) is 0 Å². The van der Waals surface area contributed by atoms with Crippen LogP contribution in [-0.4, -0.2) is 64.7 Å². The number of amides is 1. The van der Waals surface area contributed by atoms with Gasteiger partial charge in [0.05, 0.1) is 31.3 Å². The van der Waals surface area contributed by atoms with Crippen molar-refractivity contribution in [2.24, 2.45) is 0 Å². The minimum atomic E-state index is -0.414. The number of fused-ring (bicyclic) bond motifs is 2. The highest BCUT2D eigenvalue weighted by Gasteiger charge is 2.18. The Kier molecular flexibility index (Phi) is 7.52. The fourth-order valence-corrected chi connectivity index (χ4v) is 4.79. The predicted octanol–water partition coefficient (Wildman–Crippen LogP) is 2.10. The molecule has 38 heavy (non-hydrogen) atoms. The summed E-state index contributed by atoms with van der Waals surface area (Å²) in [6.45, 7) is 6.65. The van der Waals surface area contributed by atoms with Gasteiger partial charge in [0.1, 0.15) is 22.5 Å². The number of carbonyl (C=O) groups excluding carboxylic acids is 1. The van der Waals surface area contributed by atoms with Crippen LogP contribution >= 0.6 is 0 Å². The van der Waals surface area contributed by atoms with Crippen molar-refractivity contribution in [2.45, 2.75) is 26.4 Å². The third kappa shape index (κ3) is 5.18. The van der Waals surface area contributed by atoms with Gasteiger partial charge in [-0.3, -0.25) is 24.3 Å². The van der Waals surface area contributed by atoms with Gasteiger partial charge < -0.3 is 19.4 Å². The smallest absolute Gasteiger partial charge is 0.267 e. The van der Waals surface area contributed by atoms with Gasteiger partial charge in [0.25, 0.3) is 11.5 Å². The van der Waals surface area contributed by atoms with Crippen molar-refractivity contribution in [1.82, 2.24) is 24.2 Å². The maximum atomic E-state index is 13.5. The van der Waals surface area contributed by atoms with Crippen LogP contribution in [0.3, 0.4) is 0 Å². The van der Waals surface area contributed by atoms with Crippen molar-refractivity contribution in [2.75, 3.05) is 40.0 Å². The fourth-order valence-electron chi connectivity index (χ4n) is 4.79. The number of nitrogens with one attached hydrogen (secondary N) is 2. The summed E-state index contributed by atoms with van der Waals surface area (Å²) in [6.07, 6.45) is 2.43. The lowest BCUT2D eigenvalue weighted by atomic mass is 10.1. The number of benzene rings is 1. The van der Waals surface area contributed by atoms with Crippen LogP contribution in [0, 0.1) is 12.3 Å². The van der Waals surface area contributed by atoms with Crippen LogP contribution in [0.15, 0.2) is 53.5 Å². The van der Waals surface area contributed by atoms with Crippen molar-refractivity contribution in [3.63, 3.8) is 0 Å². The average Bonchev–Trinajstić information content (AvgIpc) is 2.94. The molecular weight excluding hydrogens is 484 g/mol. The van der Waals surface area contributed by atoms with Crippen molar-refractivity contribution >= 4 is 22.6 Å². The third-order valence-corrected chi connectivity index (χ3v) is 6.95. The van der Waals surface area contributed by atoms with Crippen LogP contribution in [0.4, 0.5) is 0 Å². The molecule has 10 nitrogen and oxygen atoms in total. The van der Waals surface area contributed by atoms with Gasteiger partial charge in [0.15, 0.2) is 0 Å². The second-order valence-corrected chi connectivity index (χ2v) is 9.44. The number of nitrogens with zero attached hydrogens (tertiary/aromatic N) is 4. The molecule has 3 aromatic heterocycles. The maximum Gasteiger partial charge on any atom is 0.267 e. The Morgan fingerprint density at radius 1 is 1.13 bits per heavy atom. The number of rotatable bonds is 8. The van der Waals surface area contributed by atoms with E-state index in [1.165, 1.54) is 10.5 Å². The normalized spacial score (nSPS) is 14.2. The zero-order valence-electron chi connectivity index (χ0n) is 21.7. The van der Waals surface area contributed by atoms with E-state index in [9.17, 15) is 9.59 Å². The maximum absolute atomic E-state index is 13.5. The molecule has 2 N–H and O–H groups in total. The van der Waals surface area contributed by atoms with Crippen molar-refractivity contribution in [3.8, 4) is 5.75 Å². The van der Waals surface area contributed by atoms with Crippen LogP contribution < -0.4 is 21.1 Å². The highest BCUT2D eigenvalue weighted by Crippen LogP contribution is 2.14. The molecule has 1 amide bonds. The molecule has 1 aromatic carbocycles. The Balaban J connectivity index is 1.51. The summed E-state index contributed by atoms with van der Waals surface area (Å²) < 4.78 is 13.8. The summed E-state index contributed by atoms with van der Waals surface area (Å²) in [5.41, 5.74) is 2.64. The lowest BCUT2D eigenvalue weighted by Crippen LogP contribution is -2.38. The first-order valence-electron chi connectivity index (χ1n) is 12.8. The van der Waals surface area contributed by atoms with E-state index in [0.717, 1.165) is 42.9 Å². The van der Waals surface area contributed by atoms with E-state index >= 15 is 0 Å². The number of pyridine rings is 2. The molecule has 0 saturated carbocycles. The van der Waals surface area contributed by atoms with Gasteiger partial charge in [-0.15, -0.1) is 0 Å². The van der Waals surface area contributed by atoms with Gasteiger partial charge in [-0.05, 0) is 48.7 Å². The molecule has 4 aromatic rings. The molecule has 1 aliphatic heterocycles. The summed E-state index contributed by atoms with van der Waals surface area (Å²) >= 11 is 0. The summed E-state index contributed by atoms with van der Waals surface area (Å²) in [6, 6.07) is 12.6. The van der Waals surface area contributed by atoms with E-state index in [-0.39, 0.29) is 23.2 Å². The Labute approximate surface area is 220 Å². The topological polar surface area (TPSA) is 114 Å². The van der Waals surface area contributed by atoms with Crippen LogP contribution in [0.1, 0.15) is 27.9 Å². The van der Waals surface area contributed by atoms with Gasteiger partial charge >= 0.3 is 0 Å². The number of hydrogen-bond donors (Lipinski definition) is 2. The highest BCUT2D eigenvalue weighted by atomic mass is 16.5. The molecule has 10 heteroatoms. The van der Waals surface area contributed by atoms with Gasteiger partial charge in [-0.25, -0.2) is 4.98 Å². The fraction of sp³-hybridized carbons (Fsp3) is 0.357. The first-order chi connectivity index (χ1) is 18.5. The molecule has 0 spiro atoms. The lowest BCUT2D eigenvalue weighted by molar-refractivity contribution is 0.0369. The summed E-state index contributed by atoms with van der Waals surface area (Å²) in [7, 11) is 1.60. The van der Waals surface area contributed by atoms with E-state index in [1.54, 1.807) is 23.9 Å². The second-order valence-electron chi connectivity index (χ2n) is 9.44. The second kappa shape index (κ2) is 11.2. The van der Waals surface area contributed by atoms with Crippen LogP contribution in [0.25, 0.3) is 16.7 Å². The molecule has 1 fully saturated rings. The molecule has 1 saturated heterocycles. The SMILES string of the molecule is COc1ccc(CNC(=O)c2cc3c(=O)n4cccc(C)c4nc3n(CCCN3CCOCC3)c2=N)cc1. The van der Waals surface area contributed by atoms with Gasteiger partial charge in [0, 0.05) is 38.9 Å². The van der Waals surface area contributed by atoms with E-state index in [1.807, 2.05) is 37.3 Å². The van der Waals surface area contributed by atoms with Crippen molar-refractivity contribution in [1.29, 1.82) is 5.41 Å². The largest absolute Gasteiger partial charge is 0.497 e. The molecule has 0 atom stereocenters. The molecule has 5 rings (SSSR count). The van der Waals surface area contributed by atoms with Crippen molar-refractivity contribution < 1.29 is 14.3 Å². The number of hydrogen-bond acceptors (Lipinski definition) is 7. The average molecular weight is 517 g/mol. The Bertz CT molecular complexity index is 1590. The first kappa shape index (κ1) is 25.6. The Morgan fingerprint density at radius 3 is 2.63 bits per heavy atom. The van der Waals surface area contributed by atoms with Gasteiger partial charge in [0.2, 0.25) is 0 Å². The third-order valence-electron chi connectivity index (χ3n) is 6.95.